The predicted octanol–water partition coefficient (Wildman–Crippen LogP) is 3.75. The van der Waals surface area contributed by atoms with Crippen LogP contribution in [0.25, 0.3) is 16.8 Å². The third kappa shape index (κ3) is 4.11. The summed E-state index contributed by atoms with van der Waals surface area (Å²) in [7, 11) is 1.94. The largest absolute Gasteiger partial charge is 0.387 e. The standard InChI is InChI=1S/C28H28FN7O2S/c1-4-21-26(33(3)27-31-25(23(11-30)39-27)18-5-7-19(29)8-6-18)22-10-20(9-17(2)36(22)32-21)34-13-28(14-34)15-35(16-28)24(38)12-37/h5-10,37H,4,12-16H2,1-3H3. The molecule has 4 aromatic rings. The van der Waals surface area contributed by atoms with E-state index in [1.807, 2.05) is 23.4 Å². The molecule has 39 heavy (non-hydrogen) atoms. The van der Waals surface area contributed by atoms with Crippen LogP contribution in [-0.4, -0.2) is 70.3 Å². The molecule has 2 aliphatic rings. The van der Waals surface area contributed by atoms with Crippen LogP contribution in [0.4, 0.5) is 20.9 Å². The summed E-state index contributed by atoms with van der Waals surface area (Å²) >= 11 is 1.30. The summed E-state index contributed by atoms with van der Waals surface area (Å²) in [5, 5.41) is 24.5. The lowest BCUT2D eigenvalue weighted by atomic mass is 9.72. The van der Waals surface area contributed by atoms with Crippen molar-refractivity contribution < 1.29 is 14.3 Å². The van der Waals surface area contributed by atoms with Gasteiger partial charge >= 0.3 is 0 Å². The summed E-state index contributed by atoms with van der Waals surface area (Å²) < 4.78 is 15.4. The first kappa shape index (κ1) is 25.3. The minimum atomic E-state index is -0.437. The number of anilines is 3. The quantitative estimate of drug-likeness (QED) is 0.394. The van der Waals surface area contributed by atoms with Crippen molar-refractivity contribution >= 4 is 39.3 Å². The number of hydrogen-bond acceptors (Lipinski definition) is 8. The molecule has 3 aromatic heterocycles. The van der Waals surface area contributed by atoms with Gasteiger partial charge < -0.3 is 19.8 Å². The number of thiazole rings is 1. The molecular weight excluding hydrogens is 517 g/mol. The van der Waals surface area contributed by atoms with Crippen LogP contribution in [0.5, 0.6) is 0 Å². The summed E-state index contributed by atoms with van der Waals surface area (Å²) in [5.41, 5.74) is 6.25. The molecule has 2 aliphatic heterocycles. The SMILES string of the molecule is CCc1nn2c(C)cc(N3CC4(CN(C(=O)CO)C4)C3)cc2c1N(C)c1nc(-c2ccc(F)cc2)c(C#N)s1. The highest BCUT2D eigenvalue weighted by atomic mass is 32.1. The Kier molecular flexibility index (Phi) is 6.04. The molecule has 0 atom stereocenters. The molecule has 1 aromatic carbocycles. The lowest BCUT2D eigenvalue weighted by Gasteiger charge is -2.60. The summed E-state index contributed by atoms with van der Waals surface area (Å²) in [6, 6.07) is 12.5. The minimum Gasteiger partial charge on any atom is -0.387 e. The summed E-state index contributed by atoms with van der Waals surface area (Å²) in [6.07, 6.45) is 0.721. The van der Waals surface area contributed by atoms with E-state index in [4.69, 9.17) is 15.2 Å². The Labute approximate surface area is 229 Å². The Morgan fingerprint density at radius 2 is 1.95 bits per heavy atom. The Bertz CT molecular complexity index is 1620. The van der Waals surface area contributed by atoms with Crippen LogP contribution in [0, 0.1) is 29.5 Å². The smallest absolute Gasteiger partial charge is 0.248 e. The highest BCUT2D eigenvalue weighted by Gasteiger charge is 2.53. The van der Waals surface area contributed by atoms with Crippen molar-refractivity contribution in [1.82, 2.24) is 19.5 Å². The fraction of sp³-hybridized carbons (Fsp3) is 0.357. The zero-order valence-corrected chi connectivity index (χ0v) is 22.8. The topological polar surface area (TPSA) is 101 Å². The van der Waals surface area contributed by atoms with E-state index in [1.165, 1.54) is 23.5 Å². The van der Waals surface area contributed by atoms with Crippen molar-refractivity contribution in [1.29, 1.82) is 5.26 Å². The van der Waals surface area contributed by atoms with E-state index in [-0.39, 0.29) is 17.1 Å². The van der Waals surface area contributed by atoms with Crippen molar-refractivity contribution in [3.8, 4) is 17.3 Å². The second-order valence-electron chi connectivity index (χ2n) is 10.4. The van der Waals surface area contributed by atoms with Gasteiger partial charge in [-0.1, -0.05) is 18.3 Å². The number of aryl methyl sites for hydroxylation is 2. The monoisotopic (exact) mass is 545 g/mol. The number of hydrogen-bond donors (Lipinski definition) is 1. The molecule has 6 rings (SSSR count). The number of rotatable bonds is 6. The minimum absolute atomic E-state index is 0.102. The Morgan fingerprint density at radius 3 is 2.59 bits per heavy atom. The first-order chi connectivity index (χ1) is 18.8. The van der Waals surface area contributed by atoms with Crippen molar-refractivity contribution in [2.45, 2.75) is 20.3 Å². The lowest BCUT2D eigenvalue weighted by Crippen LogP contribution is -2.73. The van der Waals surface area contributed by atoms with E-state index < -0.39 is 6.61 Å². The number of nitrogens with zero attached hydrogens (tertiary/aromatic N) is 7. The van der Waals surface area contributed by atoms with E-state index in [2.05, 4.69) is 30.0 Å². The molecule has 5 heterocycles. The lowest BCUT2D eigenvalue weighted by molar-refractivity contribution is -0.148. The first-order valence-corrected chi connectivity index (χ1v) is 13.6. The van der Waals surface area contributed by atoms with Gasteiger partial charge in [-0.3, -0.25) is 4.79 Å². The molecule has 2 saturated heterocycles. The van der Waals surface area contributed by atoms with Gasteiger partial charge in [-0.15, -0.1) is 0 Å². The number of halogens is 1. The number of benzene rings is 1. The number of carbonyl (C=O) groups excluding carboxylic acids is 1. The molecule has 0 aliphatic carbocycles. The highest BCUT2D eigenvalue weighted by molar-refractivity contribution is 7.16. The van der Waals surface area contributed by atoms with Crippen LogP contribution in [0.15, 0.2) is 36.4 Å². The van der Waals surface area contributed by atoms with Crippen LogP contribution in [-0.2, 0) is 11.2 Å². The van der Waals surface area contributed by atoms with E-state index in [0.717, 1.165) is 47.8 Å². The van der Waals surface area contributed by atoms with Gasteiger partial charge in [0, 0.05) is 55.6 Å². The third-order valence-corrected chi connectivity index (χ3v) is 8.73. The van der Waals surface area contributed by atoms with E-state index in [9.17, 15) is 14.4 Å². The van der Waals surface area contributed by atoms with Gasteiger partial charge in [0.25, 0.3) is 0 Å². The van der Waals surface area contributed by atoms with Crippen LogP contribution >= 0.6 is 11.3 Å². The number of likely N-dealkylation sites (tertiary alicyclic amines) is 1. The number of fused-ring (bicyclic) bond motifs is 1. The molecule has 0 unspecified atom stereocenters. The Hall–Kier alpha value is -4.01. The maximum Gasteiger partial charge on any atom is 0.248 e. The third-order valence-electron chi connectivity index (χ3n) is 7.69. The van der Waals surface area contributed by atoms with E-state index in [1.54, 1.807) is 17.0 Å². The van der Waals surface area contributed by atoms with E-state index >= 15 is 0 Å². The van der Waals surface area contributed by atoms with Crippen molar-refractivity contribution in [3.05, 3.63) is 58.5 Å². The number of carbonyl (C=O) groups is 1. The second-order valence-corrected chi connectivity index (χ2v) is 11.4. The Morgan fingerprint density at radius 1 is 1.23 bits per heavy atom. The molecule has 0 radical (unpaired) electrons. The predicted molar refractivity (Wildman–Crippen MR) is 148 cm³/mol. The van der Waals surface area contributed by atoms with Crippen molar-refractivity contribution in [3.63, 3.8) is 0 Å². The fourth-order valence-corrected chi connectivity index (χ4v) is 6.58. The maximum atomic E-state index is 13.5. The normalized spacial score (nSPS) is 15.8. The molecule has 200 valence electrons. The average molecular weight is 546 g/mol. The number of aromatic nitrogens is 3. The summed E-state index contributed by atoms with van der Waals surface area (Å²) in [5.74, 6) is -0.545. The zero-order valence-electron chi connectivity index (χ0n) is 22.0. The van der Waals surface area contributed by atoms with Crippen LogP contribution < -0.4 is 9.80 Å². The van der Waals surface area contributed by atoms with Crippen molar-refractivity contribution in [2.75, 3.05) is 49.6 Å². The summed E-state index contributed by atoms with van der Waals surface area (Å²) in [4.78, 5) is 23.0. The number of aliphatic hydroxyl groups excluding tert-OH is 1. The molecule has 9 nitrogen and oxygen atoms in total. The molecule has 2 fully saturated rings. The van der Waals surface area contributed by atoms with Gasteiger partial charge in [0.15, 0.2) is 5.13 Å². The molecule has 0 saturated carbocycles. The number of nitriles is 1. The number of amides is 1. The van der Waals surface area contributed by atoms with Gasteiger partial charge in [-0.05, 0) is 49.7 Å². The molecular formula is C28H28FN7O2S. The van der Waals surface area contributed by atoms with Gasteiger partial charge in [0.1, 0.15) is 29.1 Å². The zero-order chi connectivity index (χ0) is 27.5. The van der Waals surface area contributed by atoms with Gasteiger partial charge in [0.2, 0.25) is 5.91 Å². The van der Waals surface area contributed by atoms with Gasteiger partial charge in [0.05, 0.1) is 16.9 Å². The fourth-order valence-electron chi connectivity index (χ4n) is 5.72. The number of pyridine rings is 1. The molecule has 1 spiro atoms. The van der Waals surface area contributed by atoms with Crippen LogP contribution in [0.2, 0.25) is 0 Å². The summed E-state index contributed by atoms with van der Waals surface area (Å²) in [6.45, 7) is 6.76. The molecule has 1 N–H and O–H groups in total. The maximum absolute atomic E-state index is 13.5. The number of aliphatic hydroxyl groups is 1. The van der Waals surface area contributed by atoms with Gasteiger partial charge in [-0.2, -0.15) is 10.4 Å². The average Bonchev–Trinajstić information content (AvgIpc) is 3.49. The van der Waals surface area contributed by atoms with E-state index in [0.29, 0.717) is 34.4 Å². The second kappa shape index (κ2) is 9.32. The first-order valence-electron chi connectivity index (χ1n) is 12.8. The van der Waals surface area contributed by atoms with Crippen LogP contribution in [0.1, 0.15) is 23.2 Å². The Balaban J connectivity index is 1.33. The van der Waals surface area contributed by atoms with Gasteiger partial charge in [-0.25, -0.2) is 13.9 Å². The molecule has 1 amide bonds. The van der Waals surface area contributed by atoms with Crippen LogP contribution in [0.3, 0.4) is 0 Å². The molecule has 0 bridgehead atoms. The highest BCUT2D eigenvalue weighted by Crippen LogP contribution is 2.44. The molecule has 11 heteroatoms. The van der Waals surface area contributed by atoms with Crippen molar-refractivity contribution in [2.24, 2.45) is 5.41 Å².